The highest BCUT2D eigenvalue weighted by molar-refractivity contribution is 5.95. The van der Waals surface area contributed by atoms with Crippen LogP contribution in [0.15, 0.2) is 30.5 Å². The summed E-state index contributed by atoms with van der Waals surface area (Å²) in [6.45, 7) is 2.52. The number of aromatic nitrogens is 2. The van der Waals surface area contributed by atoms with Gasteiger partial charge < -0.3 is 15.4 Å². The van der Waals surface area contributed by atoms with Crippen molar-refractivity contribution in [2.75, 3.05) is 17.2 Å². The molecule has 6 heteroatoms. The Morgan fingerprint density at radius 1 is 1.40 bits per heavy atom. The Labute approximate surface area is 116 Å². The van der Waals surface area contributed by atoms with Gasteiger partial charge in [0.15, 0.2) is 6.61 Å². The first-order chi connectivity index (χ1) is 9.70. The van der Waals surface area contributed by atoms with Gasteiger partial charge in [-0.3, -0.25) is 4.79 Å². The minimum atomic E-state index is -0.138. The van der Waals surface area contributed by atoms with E-state index in [1.165, 1.54) is 0 Å². The summed E-state index contributed by atoms with van der Waals surface area (Å²) in [6.07, 6.45) is 1.74. The molecule has 0 fully saturated rings. The lowest BCUT2D eigenvalue weighted by atomic mass is 10.2. The number of nitrogens with zero attached hydrogens (tertiary/aromatic N) is 2. The lowest BCUT2D eigenvalue weighted by Crippen LogP contribution is -2.25. The quantitative estimate of drug-likeness (QED) is 0.888. The van der Waals surface area contributed by atoms with E-state index in [4.69, 9.17) is 4.74 Å². The fourth-order valence-corrected chi connectivity index (χ4v) is 1.99. The predicted octanol–water partition coefficient (Wildman–Crippen LogP) is 1.73. The first-order valence-corrected chi connectivity index (χ1v) is 6.30. The number of aryl methyl sites for hydroxylation is 1. The van der Waals surface area contributed by atoms with Crippen LogP contribution in [0.25, 0.3) is 0 Å². The maximum Gasteiger partial charge on any atom is 0.262 e. The first-order valence-electron chi connectivity index (χ1n) is 6.30. The van der Waals surface area contributed by atoms with Crippen LogP contribution in [0.4, 0.5) is 11.4 Å². The maximum atomic E-state index is 11.3. The van der Waals surface area contributed by atoms with E-state index in [0.717, 1.165) is 17.2 Å². The summed E-state index contributed by atoms with van der Waals surface area (Å²) >= 11 is 0. The van der Waals surface area contributed by atoms with Crippen molar-refractivity contribution in [1.82, 2.24) is 9.97 Å². The Balaban J connectivity index is 1.72. The molecule has 0 bridgehead atoms. The standard InChI is InChI=1S/C14H14N4O2/c1-9-15-5-4-11(17-9)7-16-10-2-3-13-12(6-10)18-14(19)8-20-13/h2-6,16H,7-8H2,1H3,(H,18,19). The molecule has 1 aromatic heterocycles. The topological polar surface area (TPSA) is 76.1 Å². The van der Waals surface area contributed by atoms with Crippen LogP contribution in [0.1, 0.15) is 11.5 Å². The molecule has 2 heterocycles. The fraction of sp³-hybridized carbons (Fsp3) is 0.214. The Morgan fingerprint density at radius 2 is 2.30 bits per heavy atom. The zero-order valence-corrected chi connectivity index (χ0v) is 11.0. The van der Waals surface area contributed by atoms with Gasteiger partial charge in [0.05, 0.1) is 17.9 Å². The number of carbonyl (C=O) groups excluding carboxylic acids is 1. The third kappa shape index (κ3) is 2.69. The molecule has 1 aliphatic rings. The van der Waals surface area contributed by atoms with Crippen molar-refractivity contribution in [1.29, 1.82) is 0 Å². The van der Waals surface area contributed by atoms with Crippen LogP contribution in [-0.2, 0) is 11.3 Å². The van der Waals surface area contributed by atoms with Crippen molar-refractivity contribution in [3.63, 3.8) is 0 Å². The van der Waals surface area contributed by atoms with Gasteiger partial charge in [0.1, 0.15) is 11.6 Å². The highest BCUT2D eigenvalue weighted by atomic mass is 16.5. The molecule has 0 atom stereocenters. The van der Waals surface area contributed by atoms with Gasteiger partial charge in [0.25, 0.3) is 5.91 Å². The summed E-state index contributed by atoms with van der Waals surface area (Å²) < 4.78 is 5.31. The number of nitrogens with one attached hydrogen (secondary N) is 2. The highest BCUT2D eigenvalue weighted by Gasteiger charge is 2.15. The van der Waals surface area contributed by atoms with Gasteiger partial charge >= 0.3 is 0 Å². The van der Waals surface area contributed by atoms with Gasteiger partial charge in [-0.05, 0) is 31.2 Å². The Bertz CT molecular complexity index is 657. The summed E-state index contributed by atoms with van der Waals surface area (Å²) in [5.41, 5.74) is 2.49. The molecule has 0 spiro atoms. The SMILES string of the molecule is Cc1nccc(CNc2ccc3c(c2)NC(=O)CO3)n1. The van der Waals surface area contributed by atoms with Crippen molar-refractivity contribution in [2.45, 2.75) is 13.5 Å². The van der Waals surface area contributed by atoms with Crippen LogP contribution in [0.5, 0.6) is 5.75 Å². The molecular formula is C14H14N4O2. The molecule has 1 amide bonds. The smallest absolute Gasteiger partial charge is 0.262 e. The van der Waals surface area contributed by atoms with Crippen LogP contribution in [0.3, 0.4) is 0 Å². The molecule has 2 aromatic rings. The third-order valence-electron chi connectivity index (χ3n) is 2.92. The summed E-state index contributed by atoms with van der Waals surface area (Å²) in [4.78, 5) is 19.7. The van der Waals surface area contributed by atoms with E-state index < -0.39 is 0 Å². The summed E-state index contributed by atoms with van der Waals surface area (Å²) in [5, 5.41) is 6.03. The van der Waals surface area contributed by atoms with E-state index in [0.29, 0.717) is 18.0 Å². The van der Waals surface area contributed by atoms with Crippen molar-refractivity contribution >= 4 is 17.3 Å². The van der Waals surface area contributed by atoms with E-state index in [1.807, 2.05) is 31.2 Å². The number of hydrogen-bond acceptors (Lipinski definition) is 5. The van der Waals surface area contributed by atoms with Crippen molar-refractivity contribution in [2.24, 2.45) is 0 Å². The predicted molar refractivity (Wildman–Crippen MR) is 74.7 cm³/mol. The van der Waals surface area contributed by atoms with E-state index in [-0.39, 0.29) is 12.5 Å². The van der Waals surface area contributed by atoms with Crippen molar-refractivity contribution < 1.29 is 9.53 Å². The fourth-order valence-electron chi connectivity index (χ4n) is 1.99. The Hall–Kier alpha value is -2.63. The molecule has 20 heavy (non-hydrogen) atoms. The third-order valence-corrected chi connectivity index (χ3v) is 2.92. The first kappa shape index (κ1) is 12.4. The molecule has 3 rings (SSSR count). The number of carbonyl (C=O) groups is 1. The summed E-state index contributed by atoms with van der Waals surface area (Å²) in [6, 6.07) is 7.45. The van der Waals surface area contributed by atoms with Gasteiger partial charge in [-0.1, -0.05) is 0 Å². The van der Waals surface area contributed by atoms with Crippen LogP contribution < -0.4 is 15.4 Å². The van der Waals surface area contributed by atoms with Gasteiger partial charge in [0, 0.05) is 11.9 Å². The van der Waals surface area contributed by atoms with Crippen LogP contribution in [0.2, 0.25) is 0 Å². The lowest BCUT2D eigenvalue weighted by Gasteiger charge is -2.18. The van der Waals surface area contributed by atoms with Gasteiger partial charge in [-0.2, -0.15) is 0 Å². The van der Waals surface area contributed by atoms with Gasteiger partial charge in [0.2, 0.25) is 0 Å². The molecule has 2 N–H and O–H groups in total. The maximum absolute atomic E-state index is 11.3. The highest BCUT2D eigenvalue weighted by Crippen LogP contribution is 2.30. The van der Waals surface area contributed by atoms with Crippen LogP contribution in [-0.4, -0.2) is 22.5 Å². The molecule has 0 saturated heterocycles. The van der Waals surface area contributed by atoms with E-state index in [2.05, 4.69) is 20.6 Å². The normalized spacial score (nSPS) is 13.2. The molecule has 6 nitrogen and oxygen atoms in total. The van der Waals surface area contributed by atoms with Crippen molar-refractivity contribution in [3.05, 3.63) is 42.0 Å². The van der Waals surface area contributed by atoms with Gasteiger partial charge in [-0.15, -0.1) is 0 Å². The van der Waals surface area contributed by atoms with Crippen molar-refractivity contribution in [3.8, 4) is 5.75 Å². The summed E-state index contributed by atoms with van der Waals surface area (Å²) in [7, 11) is 0. The minimum Gasteiger partial charge on any atom is -0.482 e. The zero-order valence-electron chi connectivity index (χ0n) is 11.0. The zero-order chi connectivity index (χ0) is 13.9. The average molecular weight is 270 g/mol. The number of ether oxygens (including phenoxy) is 1. The second-order valence-corrected chi connectivity index (χ2v) is 4.50. The molecule has 0 unspecified atom stereocenters. The number of amides is 1. The number of fused-ring (bicyclic) bond motifs is 1. The Morgan fingerprint density at radius 3 is 3.15 bits per heavy atom. The second-order valence-electron chi connectivity index (χ2n) is 4.50. The Kier molecular flexibility index (Phi) is 3.20. The van der Waals surface area contributed by atoms with E-state index in [1.54, 1.807) is 6.20 Å². The average Bonchev–Trinajstić information content (AvgIpc) is 2.45. The van der Waals surface area contributed by atoms with Crippen LogP contribution >= 0.6 is 0 Å². The number of rotatable bonds is 3. The molecule has 1 aromatic carbocycles. The number of anilines is 2. The minimum absolute atomic E-state index is 0.0694. The monoisotopic (exact) mass is 270 g/mol. The second kappa shape index (κ2) is 5.16. The van der Waals surface area contributed by atoms with Gasteiger partial charge in [-0.25, -0.2) is 9.97 Å². The van der Waals surface area contributed by atoms with Crippen LogP contribution in [0, 0.1) is 6.92 Å². The summed E-state index contributed by atoms with van der Waals surface area (Å²) in [5.74, 6) is 1.30. The number of benzene rings is 1. The molecule has 1 aliphatic heterocycles. The van der Waals surface area contributed by atoms with E-state index in [9.17, 15) is 4.79 Å². The molecule has 0 saturated carbocycles. The largest absolute Gasteiger partial charge is 0.482 e. The molecule has 0 aliphatic carbocycles. The molecule has 0 radical (unpaired) electrons. The van der Waals surface area contributed by atoms with E-state index >= 15 is 0 Å². The lowest BCUT2D eigenvalue weighted by molar-refractivity contribution is -0.118. The molecular weight excluding hydrogens is 256 g/mol. The molecule has 102 valence electrons. The number of hydrogen-bond donors (Lipinski definition) is 2.